The van der Waals surface area contributed by atoms with Crippen molar-refractivity contribution < 1.29 is 26.4 Å². The fourth-order valence-corrected chi connectivity index (χ4v) is 4.80. The molecule has 1 aromatic heterocycles. The number of nitrogens with zero attached hydrogens (tertiary/aromatic N) is 2. The Morgan fingerprint density at radius 1 is 1.04 bits per heavy atom. The van der Waals surface area contributed by atoms with Crippen LogP contribution < -0.4 is 0 Å². The number of piperazine rings is 1. The lowest BCUT2D eigenvalue weighted by Gasteiger charge is -2.33. The molecule has 0 radical (unpaired) electrons. The van der Waals surface area contributed by atoms with Crippen LogP contribution in [0.3, 0.4) is 0 Å². The minimum absolute atomic E-state index is 0.0853. The maximum atomic E-state index is 12.6. The molecule has 0 aliphatic carbocycles. The third kappa shape index (κ3) is 4.62. The maximum Gasteiger partial charge on any atom is 0.416 e. The number of thiophene rings is 1. The maximum absolute atomic E-state index is 12.6. The van der Waals surface area contributed by atoms with Crippen LogP contribution in [-0.4, -0.2) is 49.7 Å². The van der Waals surface area contributed by atoms with E-state index >= 15 is 0 Å². The van der Waals surface area contributed by atoms with Crippen LogP contribution in [0.4, 0.5) is 13.2 Å². The van der Waals surface area contributed by atoms with Crippen LogP contribution >= 0.6 is 11.3 Å². The summed E-state index contributed by atoms with van der Waals surface area (Å²) < 4.78 is 64.4. The molecule has 0 unspecified atom stereocenters. The predicted octanol–water partition coefficient (Wildman–Crippen LogP) is 3.31. The molecule has 1 aliphatic rings. The number of alkyl halides is 3. The molecule has 0 spiro atoms. The van der Waals surface area contributed by atoms with Gasteiger partial charge in [-0.05, 0) is 41.8 Å². The second kappa shape index (κ2) is 8.06. The lowest BCUT2D eigenvalue weighted by Crippen LogP contribution is -2.50. The van der Waals surface area contributed by atoms with Crippen LogP contribution in [-0.2, 0) is 21.0 Å². The third-order valence-corrected chi connectivity index (χ3v) is 7.05. The van der Waals surface area contributed by atoms with Gasteiger partial charge < -0.3 is 4.90 Å². The average molecular weight is 430 g/mol. The lowest BCUT2D eigenvalue weighted by molar-refractivity contribution is -0.137. The Hall–Kier alpha value is -2.17. The number of hydrogen-bond acceptors (Lipinski definition) is 4. The Balaban J connectivity index is 1.62. The molecule has 0 saturated carbocycles. The Labute approximate surface area is 164 Å². The van der Waals surface area contributed by atoms with Crippen molar-refractivity contribution in [2.75, 3.05) is 26.2 Å². The molecular formula is C18H17F3N2O3S2. The molecule has 2 aromatic rings. The summed E-state index contributed by atoms with van der Waals surface area (Å²) in [5.74, 6) is -0.208. The zero-order valence-electron chi connectivity index (χ0n) is 14.6. The molecule has 150 valence electrons. The van der Waals surface area contributed by atoms with Crippen molar-refractivity contribution in [1.82, 2.24) is 9.21 Å². The molecule has 1 aliphatic heterocycles. The largest absolute Gasteiger partial charge is 0.416 e. The van der Waals surface area contributed by atoms with Crippen LogP contribution in [0.1, 0.15) is 10.4 Å². The first-order valence-corrected chi connectivity index (χ1v) is 10.7. The van der Waals surface area contributed by atoms with Gasteiger partial charge in [0.15, 0.2) is 0 Å². The Bertz CT molecular complexity index is 945. The van der Waals surface area contributed by atoms with Crippen LogP contribution in [0, 0.1) is 0 Å². The Kier molecular flexibility index (Phi) is 5.92. The van der Waals surface area contributed by atoms with Gasteiger partial charge in [0, 0.05) is 37.1 Å². The van der Waals surface area contributed by atoms with Crippen LogP contribution in [0.15, 0.2) is 52.7 Å². The molecule has 28 heavy (non-hydrogen) atoms. The number of carbonyl (C=O) groups excluding carboxylic acids is 1. The van der Waals surface area contributed by atoms with Crippen molar-refractivity contribution in [3.63, 3.8) is 0 Å². The van der Waals surface area contributed by atoms with E-state index in [2.05, 4.69) is 0 Å². The van der Waals surface area contributed by atoms with Gasteiger partial charge in [-0.2, -0.15) is 17.5 Å². The summed E-state index contributed by atoms with van der Waals surface area (Å²) in [5.41, 5.74) is -0.903. The van der Waals surface area contributed by atoms with Crippen molar-refractivity contribution in [2.24, 2.45) is 0 Å². The fraction of sp³-hybridized carbons (Fsp3) is 0.278. The summed E-state index contributed by atoms with van der Waals surface area (Å²) in [7, 11) is -3.91. The first kappa shape index (κ1) is 20.6. The zero-order chi connectivity index (χ0) is 20.4. The summed E-state index contributed by atoms with van der Waals surface area (Å²) in [6.07, 6.45) is -1.37. The minimum Gasteiger partial charge on any atom is -0.337 e. The van der Waals surface area contributed by atoms with Gasteiger partial charge in [0.1, 0.15) is 0 Å². The monoisotopic (exact) mass is 430 g/mol. The van der Waals surface area contributed by atoms with Gasteiger partial charge in [0.05, 0.1) is 10.5 Å². The summed E-state index contributed by atoms with van der Waals surface area (Å²) in [6, 6.07) is 7.17. The topological polar surface area (TPSA) is 57.7 Å². The van der Waals surface area contributed by atoms with Crippen molar-refractivity contribution in [3.8, 4) is 0 Å². The van der Waals surface area contributed by atoms with Crippen molar-refractivity contribution >= 4 is 33.3 Å². The standard InChI is InChI=1S/C18H17F3N2O3S2/c19-18(20,21)14-3-6-16(7-4-14)28(25,26)23-11-9-22(10-12-23)17(24)8-5-15-2-1-13-27-15/h1-8,13H,9-12H2/b8-5+. The van der Waals surface area contributed by atoms with E-state index in [9.17, 15) is 26.4 Å². The summed E-state index contributed by atoms with van der Waals surface area (Å²) in [6.45, 7) is 0.602. The van der Waals surface area contributed by atoms with E-state index in [0.29, 0.717) is 0 Å². The van der Waals surface area contributed by atoms with E-state index in [4.69, 9.17) is 0 Å². The van der Waals surface area contributed by atoms with Crippen LogP contribution in [0.2, 0.25) is 0 Å². The van der Waals surface area contributed by atoms with E-state index < -0.39 is 21.8 Å². The number of sulfonamides is 1. The first-order chi connectivity index (χ1) is 13.2. The number of rotatable bonds is 4. The average Bonchev–Trinajstić information content (AvgIpc) is 3.19. The first-order valence-electron chi connectivity index (χ1n) is 8.36. The van der Waals surface area contributed by atoms with Gasteiger partial charge in [-0.3, -0.25) is 4.79 Å². The summed E-state index contributed by atoms with van der Waals surface area (Å²) in [4.78, 5) is 14.5. The Morgan fingerprint density at radius 2 is 1.68 bits per heavy atom. The van der Waals surface area contributed by atoms with E-state index in [-0.39, 0.29) is 37.0 Å². The van der Waals surface area contributed by atoms with E-state index in [1.807, 2.05) is 17.5 Å². The highest BCUT2D eigenvalue weighted by Gasteiger charge is 2.33. The number of carbonyl (C=O) groups is 1. The second-order valence-electron chi connectivity index (χ2n) is 6.10. The van der Waals surface area contributed by atoms with Crippen molar-refractivity contribution in [1.29, 1.82) is 0 Å². The number of amides is 1. The van der Waals surface area contributed by atoms with Gasteiger partial charge in [0.2, 0.25) is 15.9 Å². The number of hydrogen-bond donors (Lipinski definition) is 0. The van der Waals surface area contributed by atoms with Gasteiger partial charge in [0.25, 0.3) is 0 Å². The summed E-state index contributed by atoms with van der Waals surface area (Å²) in [5, 5.41) is 1.90. The second-order valence-corrected chi connectivity index (χ2v) is 9.02. The number of halogens is 3. The SMILES string of the molecule is O=C(/C=C/c1cccs1)N1CCN(S(=O)(=O)c2ccc(C(F)(F)F)cc2)CC1. The molecule has 10 heteroatoms. The molecule has 1 aromatic carbocycles. The molecular weight excluding hydrogens is 413 g/mol. The Morgan fingerprint density at radius 3 is 2.21 bits per heavy atom. The highest BCUT2D eigenvalue weighted by molar-refractivity contribution is 7.89. The van der Waals surface area contributed by atoms with Gasteiger partial charge in [-0.1, -0.05) is 6.07 Å². The van der Waals surface area contributed by atoms with Gasteiger partial charge >= 0.3 is 6.18 Å². The smallest absolute Gasteiger partial charge is 0.337 e. The molecule has 1 amide bonds. The van der Waals surface area contributed by atoms with E-state index in [1.165, 1.54) is 21.7 Å². The van der Waals surface area contributed by atoms with Gasteiger partial charge in [-0.25, -0.2) is 8.42 Å². The highest BCUT2D eigenvalue weighted by atomic mass is 32.2. The van der Waals surface area contributed by atoms with Crippen LogP contribution in [0.25, 0.3) is 6.08 Å². The van der Waals surface area contributed by atoms with Crippen molar-refractivity contribution in [2.45, 2.75) is 11.1 Å². The molecule has 1 saturated heterocycles. The molecule has 1 fully saturated rings. The van der Waals surface area contributed by atoms with Gasteiger partial charge in [-0.15, -0.1) is 11.3 Å². The molecule has 0 bridgehead atoms. The van der Waals surface area contributed by atoms with Crippen molar-refractivity contribution in [3.05, 3.63) is 58.3 Å². The molecule has 0 atom stereocenters. The molecule has 0 N–H and O–H groups in total. The minimum atomic E-state index is -4.52. The van der Waals surface area contributed by atoms with Crippen LogP contribution in [0.5, 0.6) is 0 Å². The van der Waals surface area contributed by atoms with E-state index in [0.717, 1.165) is 29.1 Å². The zero-order valence-corrected chi connectivity index (χ0v) is 16.2. The normalized spacial score (nSPS) is 16.6. The molecule has 2 heterocycles. The number of benzene rings is 1. The summed E-state index contributed by atoms with van der Waals surface area (Å²) >= 11 is 1.50. The third-order valence-electron chi connectivity index (χ3n) is 4.30. The van der Waals surface area contributed by atoms with E-state index in [1.54, 1.807) is 11.0 Å². The predicted molar refractivity (Wildman–Crippen MR) is 100 cm³/mol. The lowest BCUT2D eigenvalue weighted by atomic mass is 10.2. The quantitative estimate of drug-likeness (QED) is 0.700. The fourth-order valence-electron chi connectivity index (χ4n) is 2.76. The molecule has 3 rings (SSSR count). The molecule has 5 nitrogen and oxygen atoms in total. The highest BCUT2D eigenvalue weighted by Crippen LogP contribution is 2.30.